The normalized spacial score (nSPS) is 13.0. The van der Waals surface area contributed by atoms with Gasteiger partial charge in [-0.1, -0.05) is 42.5 Å². The lowest BCUT2D eigenvalue weighted by Gasteiger charge is -2.11. The van der Waals surface area contributed by atoms with Gasteiger partial charge in [-0.3, -0.25) is 9.59 Å². The Morgan fingerprint density at radius 1 is 1.09 bits per heavy atom. The van der Waals surface area contributed by atoms with E-state index >= 15 is 0 Å². The summed E-state index contributed by atoms with van der Waals surface area (Å²) in [5.41, 5.74) is 8.59. The Kier molecular flexibility index (Phi) is 6.86. The Morgan fingerprint density at radius 3 is 2.52 bits per heavy atom. The number of amides is 2. The molecule has 1 aliphatic rings. The van der Waals surface area contributed by atoms with E-state index in [2.05, 4.69) is 5.32 Å². The number of ether oxygens (including phenoxy) is 1. The summed E-state index contributed by atoms with van der Waals surface area (Å²) in [6.45, 7) is 0.453. The summed E-state index contributed by atoms with van der Waals surface area (Å²) in [5, 5.41) is 12.7. The summed E-state index contributed by atoms with van der Waals surface area (Å²) in [7, 11) is 0. The largest absolute Gasteiger partial charge is 0.489 e. The van der Waals surface area contributed by atoms with Crippen LogP contribution in [0.3, 0.4) is 0 Å². The molecule has 4 rings (SSSR count). The fourth-order valence-corrected chi connectivity index (χ4v) is 5.09. The first-order valence-corrected chi connectivity index (χ1v) is 11.5. The molecule has 3 aromatic rings. The third-order valence-electron chi connectivity index (χ3n) is 5.45. The van der Waals surface area contributed by atoms with E-state index < -0.39 is 11.8 Å². The van der Waals surface area contributed by atoms with E-state index in [1.54, 1.807) is 24.3 Å². The van der Waals surface area contributed by atoms with Gasteiger partial charge >= 0.3 is 0 Å². The topological polar surface area (TPSA) is 105 Å². The number of thiophene rings is 1. The van der Waals surface area contributed by atoms with E-state index in [0.717, 1.165) is 41.7 Å². The van der Waals surface area contributed by atoms with Crippen molar-refractivity contribution >= 4 is 34.2 Å². The maximum atomic E-state index is 12.8. The van der Waals surface area contributed by atoms with Gasteiger partial charge in [-0.2, -0.15) is 5.26 Å². The van der Waals surface area contributed by atoms with Gasteiger partial charge in [-0.15, -0.1) is 11.3 Å². The first kappa shape index (κ1) is 22.3. The number of hydrogen-bond acceptors (Lipinski definition) is 5. The summed E-state index contributed by atoms with van der Waals surface area (Å²) in [5.74, 6) is -0.435. The molecule has 1 aliphatic carbocycles. The van der Waals surface area contributed by atoms with E-state index in [9.17, 15) is 14.9 Å². The first-order valence-electron chi connectivity index (χ1n) is 10.7. The van der Waals surface area contributed by atoms with Crippen molar-refractivity contribution in [2.24, 2.45) is 5.73 Å². The fraction of sp³-hybridized carbons (Fsp3) is 0.192. The second-order valence-electron chi connectivity index (χ2n) is 7.75. The van der Waals surface area contributed by atoms with Crippen LogP contribution in [0.2, 0.25) is 0 Å². The number of benzene rings is 2. The number of aryl methyl sites for hydroxylation is 1. The van der Waals surface area contributed by atoms with Crippen LogP contribution < -0.4 is 15.8 Å². The zero-order valence-electron chi connectivity index (χ0n) is 18.0. The average molecular weight is 458 g/mol. The van der Waals surface area contributed by atoms with Crippen LogP contribution in [0.4, 0.5) is 5.00 Å². The number of hydrogen-bond donors (Lipinski definition) is 2. The van der Waals surface area contributed by atoms with E-state index in [4.69, 9.17) is 10.5 Å². The van der Waals surface area contributed by atoms with Gasteiger partial charge < -0.3 is 15.8 Å². The van der Waals surface area contributed by atoms with Gasteiger partial charge in [0, 0.05) is 4.88 Å². The molecule has 2 amide bonds. The number of nitrogens with one attached hydrogen (secondary N) is 1. The highest BCUT2D eigenvalue weighted by molar-refractivity contribution is 7.17. The molecule has 0 spiro atoms. The van der Waals surface area contributed by atoms with Crippen molar-refractivity contribution in [1.29, 1.82) is 5.26 Å². The monoisotopic (exact) mass is 457 g/mol. The van der Waals surface area contributed by atoms with E-state index in [1.807, 2.05) is 36.4 Å². The maximum absolute atomic E-state index is 12.8. The minimum absolute atomic E-state index is 0.0604. The Balaban J connectivity index is 1.47. The molecule has 0 saturated heterocycles. The van der Waals surface area contributed by atoms with Crippen LogP contribution in [0.1, 0.15) is 44.8 Å². The molecule has 1 heterocycles. The number of nitrogens with zero attached hydrogens (tertiary/aromatic N) is 1. The number of nitrogens with two attached hydrogens (primary N) is 1. The molecular formula is C26H23N3O3S. The Morgan fingerprint density at radius 2 is 1.82 bits per heavy atom. The predicted octanol–water partition coefficient (Wildman–Crippen LogP) is 4.85. The number of nitriles is 1. The molecule has 1 aromatic heterocycles. The standard InChI is InChI=1S/C26H23N3O3S/c27-15-19(14-17-10-12-20(13-11-17)32-16-18-6-2-1-3-7-18)25(31)29-26-23(24(28)30)21-8-4-5-9-22(21)33-26/h1-3,6-7,10-14H,4-5,8-9,16H2,(H2,28,30)(H,29,31)/b19-14-. The van der Waals surface area contributed by atoms with Crippen molar-refractivity contribution < 1.29 is 14.3 Å². The molecule has 6 nitrogen and oxygen atoms in total. The predicted molar refractivity (Wildman–Crippen MR) is 129 cm³/mol. The molecule has 0 fully saturated rings. The summed E-state index contributed by atoms with van der Waals surface area (Å²) in [6.07, 6.45) is 5.20. The summed E-state index contributed by atoms with van der Waals surface area (Å²) < 4.78 is 5.77. The third kappa shape index (κ3) is 5.30. The number of carbonyl (C=O) groups excluding carboxylic acids is 2. The van der Waals surface area contributed by atoms with E-state index in [-0.39, 0.29) is 5.57 Å². The zero-order chi connectivity index (χ0) is 23.2. The lowest BCUT2D eigenvalue weighted by molar-refractivity contribution is -0.112. The Bertz CT molecular complexity index is 1240. The number of fused-ring (bicyclic) bond motifs is 1. The molecule has 3 N–H and O–H groups in total. The number of carbonyl (C=O) groups is 2. The van der Waals surface area contributed by atoms with Crippen molar-refractivity contribution in [1.82, 2.24) is 0 Å². The average Bonchev–Trinajstić information content (AvgIpc) is 3.20. The molecule has 33 heavy (non-hydrogen) atoms. The molecule has 2 aromatic carbocycles. The molecule has 166 valence electrons. The van der Waals surface area contributed by atoms with Gasteiger partial charge in [0.15, 0.2) is 0 Å². The van der Waals surface area contributed by atoms with Crippen molar-refractivity contribution in [3.05, 3.63) is 87.3 Å². The van der Waals surface area contributed by atoms with Crippen LogP contribution in [0.5, 0.6) is 5.75 Å². The highest BCUT2D eigenvalue weighted by Crippen LogP contribution is 2.38. The Labute approximate surface area is 196 Å². The smallest absolute Gasteiger partial charge is 0.266 e. The fourth-order valence-electron chi connectivity index (χ4n) is 3.80. The van der Waals surface area contributed by atoms with Crippen LogP contribution in [0.25, 0.3) is 6.08 Å². The number of anilines is 1. The van der Waals surface area contributed by atoms with Gasteiger partial charge in [0.1, 0.15) is 29.0 Å². The van der Waals surface area contributed by atoms with Gasteiger partial charge in [-0.05, 0) is 60.6 Å². The second-order valence-corrected chi connectivity index (χ2v) is 8.85. The second kappa shape index (κ2) is 10.2. The van der Waals surface area contributed by atoms with Crippen LogP contribution in [-0.4, -0.2) is 11.8 Å². The highest BCUT2D eigenvalue weighted by atomic mass is 32.1. The molecule has 0 unspecified atom stereocenters. The maximum Gasteiger partial charge on any atom is 0.266 e. The summed E-state index contributed by atoms with van der Waals surface area (Å²) in [4.78, 5) is 25.9. The Hall–Kier alpha value is -3.89. The molecule has 0 bridgehead atoms. The van der Waals surface area contributed by atoms with Crippen molar-refractivity contribution in [3.8, 4) is 11.8 Å². The van der Waals surface area contributed by atoms with E-state index in [0.29, 0.717) is 28.5 Å². The first-order chi connectivity index (χ1) is 16.0. The molecule has 0 atom stereocenters. The molecule has 7 heteroatoms. The van der Waals surface area contributed by atoms with Crippen LogP contribution in [0, 0.1) is 11.3 Å². The number of rotatable bonds is 7. The van der Waals surface area contributed by atoms with Crippen LogP contribution in [-0.2, 0) is 24.2 Å². The van der Waals surface area contributed by atoms with Gasteiger partial charge in [0.25, 0.3) is 11.8 Å². The quantitative estimate of drug-likeness (QED) is 0.391. The zero-order valence-corrected chi connectivity index (χ0v) is 18.8. The highest BCUT2D eigenvalue weighted by Gasteiger charge is 2.25. The molecule has 0 saturated carbocycles. The van der Waals surface area contributed by atoms with Gasteiger partial charge in [0.2, 0.25) is 0 Å². The van der Waals surface area contributed by atoms with E-state index in [1.165, 1.54) is 17.4 Å². The summed E-state index contributed by atoms with van der Waals surface area (Å²) in [6, 6.07) is 18.9. The SMILES string of the molecule is N#C/C(=C/c1ccc(OCc2ccccc2)cc1)C(=O)Nc1sc2c(c1C(N)=O)CCCC2. The third-order valence-corrected chi connectivity index (χ3v) is 6.66. The van der Waals surface area contributed by atoms with Crippen molar-refractivity contribution in [3.63, 3.8) is 0 Å². The molecular weight excluding hydrogens is 434 g/mol. The molecule has 0 radical (unpaired) electrons. The van der Waals surface area contributed by atoms with Crippen LogP contribution >= 0.6 is 11.3 Å². The van der Waals surface area contributed by atoms with Crippen LogP contribution in [0.15, 0.2) is 60.2 Å². The molecule has 0 aliphatic heterocycles. The van der Waals surface area contributed by atoms with Gasteiger partial charge in [-0.25, -0.2) is 0 Å². The van der Waals surface area contributed by atoms with Crippen molar-refractivity contribution in [2.45, 2.75) is 32.3 Å². The minimum Gasteiger partial charge on any atom is -0.489 e. The summed E-state index contributed by atoms with van der Waals surface area (Å²) >= 11 is 1.37. The lowest BCUT2D eigenvalue weighted by atomic mass is 9.95. The lowest BCUT2D eigenvalue weighted by Crippen LogP contribution is -2.19. The van der Waals surface area contributed by atoms with Crippen molar-refractivity contribution in [2.75, 3.05) is 5.32 Å². The minimum atomic E-state index is -0.567. The van der Waals surface area contributed by atoms with Gasteiger partial charge in [0.05, 0.1) is 5.56 Å². The number of primary amides is 1.